The summed E-state index contributed by atoms with van der Waals surface area (Å²) in [6, 6.07) is 5.18. The number of rotatable bonds is 6. The van der Waals surface area contributed by atoms with Crippen molar-refractivity contribution in [1.29, 1.82) is 0 Å². The molecule has 0 fully saturated rings. The van der Waals surface area contributed by atoms with E-state index >= 15 is 0 Å². The lowest BCUT2D eigenvalue weighted by molar-refractivity contribution is 0.198. The van der Waals surface area contributed by atoms with Crippen LogP contribution in [0.3, 0.4) is 0 Å². The molecule has 21 heavy (non-hydrogen) atoms. The van der Waals surface area contributed by atoms with Gasteiger partial charge in [-0.2, -0.15) is 0 Å². The Hall–Kier alpha value is -1.99. The quantitative estimate of drug-likeness (QED) is 0.817. The largest absolute Gasteiger partial charge is 0.406 e. The van der Waals surface area contributed by atoms with Crippen LogP contribution in [0, 0.1) is 5.82 Å². The maximum absolute atomic E-state index is 13.4. The number of halogens is 1. The maximum Gasteiger partial charge on any atom is 0.322 e. The first-order chi connectivity index (χ1) is 10.3. The molecule has 1 N–H and O–H groups in total. The Morgan fingerprint density at radius 1 is 1.43 bits per heavy atom. The van der Waals surface area contributed by atoms with Crippen LogP contribution in [-0.4, -0.2) is 37.0 Å². The van der Waals surface area contributed by atoms with Gasteiger partial charge in [0.1, 0.15) is 5.82 Å². The molecule has 6 nitrogen and oxygen atoms in total. The summed E-state index contributed by atoms with van der Waals surface area (Å²) in [5.74, 6) is 0.243. The standard InChI is InChI=1S/C14H17FN4O2/c1-20-7-5-16-9-13-17-18-14(21-13)19-6-4-10-2-3-11(15)8-12(10)19/h2-3,8,16H,4-7,9H2,1H3. The number of anilines is 2. The lowest BCUT2D eigenvalue weighted by atomic mass is 10.2. The van der Waals surface area contributed by atoms with Crippen molar-refractivity contribution in [3.05, 3.63) is 35.5 Å². The normalized spacial score (nSPS) is 13.7. The summed E-state index contributed by atoms with van der Waals surface area (Å²) in [4.78, 5) is 1.85. The second-order valence-electron chi connectivity index (χ2n) is 4.82. The Kier molecular flexibility index (Phi) is 4.12. The van der Waals surface area contributed by atoms with E-state index in [1.54, 1.807) is 13.2 Å². The molecule has 7 heteroatoms. The van der Waals surface area contributed by atoms with Crippen molar-refractivity contribution in [3.8, 4) is 0 Å². The van der Waals surface area contributed by atoms with Crippen LogP contribution in [0.5, 0.6) is 0 Å². The van der Waals surface area contributed by atoms with E-state index in [2.05, 4.69) is 15.5 Å². The van der Waals surface area contributed by atoms with Gasteiger partial charge < -0.3 is 14.5 Å². The van der Waals surface area contributed by atoms with Gasteiger partial charge in [0.15, 0.2) is 0 Å². The smallest absolute Gasteiger partial charge is 0.322 e. The lowest BCUT2D eigenvalue weighted by Crippen LogP contribution is -2.18. The molecule has 0 bridgehead atoms. The summed E-state index contributed by atoms with van der Waals surface area (Å²) in [6.45, 7) is 2.55. The van der Waals surface area contributed by atoms with E-state index in [4.69, 9.17) is 9.15 Å². The Bertz CT molecular complexity index is 617. The van der Waals surface area contributed by atoms with Crippen LogP contribution in [0.4, 0.5) is 16.1 Å². The average molecular weight is 292 g/mol. The van der Waals surface area contributed by atoms with Gasteiger partial charge in [0.25, 0.3) is 0 Å². The highest BCUT2D eigenvalue weighted by Gasteiger charge is 2.25. The summed E-state index contributed by atoms with van der Waals surface area (Å²) < 4.78 is 23.9. The summed E-state index contributed by atoms with van der Waals surface area (Å²) >= 11 is 0. The van der Waals surface area contributed by atoms with E-state index in [1.807, 2.05) is 4.90 Å². The van der Waals surface area contributed by atoms with Gasteiger partial charge in [-0.3, -0.25) is 4.90 Å². The molecule has 2 aromatic rings. The number of hydrogen-bond acceptors (Lipinski definition) is 6. The third-order valence-corrected chi connectivity index (χ3v) is 3.39. The third-order valence-electron chi connectivity index (χ3n) is 3.39. The van der Waals surface area contributed by atoms with E-state index in [0.717, 1.165) is 24.2 Å². The van der Waals surface area contributed by atoms with Crippen molar-refractivity contribution in [2.75, 3.05) is 31.7 Å². The topological polar surface area (TPSA) is 63.4 Å². The van der Waals surface area contributed by atoms with E-state index in [0.29, 0.717) is 31.6 Å². The zero-order valence-corrected chi connectivity index (χ0v) is 11.8. The van der Waals surface area contributed by atoms with Gasteiger partial charge in [-0.15, -0.1) is 5.10 Å². The fraction of sp³-hybridized carbons (Fsp3) is 0.429. The summed E-state index contributed by atoms with van der Waals surface area (Å²) in [6.07, 6.45) is 0.847. The molecule has 0 amide bonds. The van der Waals surface area contributed by atoms with Gasteiger partial charge in [-0.25, -0.2) is 4.39 Å². The van der Waals surface area contributed by atoms with Crippen LogP contribution in [-0.2, 0) is 17.7 Å². The molecule has 1 aliphatic heterocycles. The van der Waals surface area contributed by atoms with Crippen LogP contribution in [0.15, 0.2) is 22.6 Å². The van der Waals surface area contributed by atoms with Crippen molar-refractivity contribution in [1.82, 2.24) is 15.5 Å². The van der Waals surface area contributed by atoms with Crippen LogP contribution in [0.25, 0.3) is 0 Å². The highest BCUT2D eigenvalue weighted by Crippen LogP contribution is 2.34. The van der Waals surface area contributed by atoms with E-state index in [-0.39, 0.29) is 5.82 Å². The third kappa shape index (κ3) is 3.03. The fourth-order valence-electron chi connectivity index (χ4n) is 2.35. The molecule has 0 spiro atoms. The minimum atomic E-state index is -0.262. The molecule has 0 unspecified atom stereocenters. The van der Waals surface area contributed by atoms with Crippen LogP contribution in [0.1, 0.15) is 11.5 Å². The number of nitrogens with zero attached hydrogens (tertiary/aromatic N) is 3. The SMILES string of the molecule is COCCNCc1nnc(N2CCc3ccc(F)cc32)o1. The molecule has 112 valence electrons. The lowest BCUT2D eigenvalue weighted by Gasteiger charge is -2.13. The van der Waals surface area contributed by atoms with Gasteiger partial charge in [0.05, 0.1) is 18.8 Å². The van der Waals surface area contributed by atoms with Gasteiger partial charge in [-0.1, -0.05) is 11.2 Å². The van der Waals surface area contributed by atoms with Crippen LogP contribution in [0.2, 0.25) is 0 Å². The first-order valence-corrected chi connectivity index (χ1v) is 6.86. The monoisotopic (exact) mass is 292 g/mol. The number of fused-ring (bicyclic) bond motifs is 1. The van der Waals surface area contributed by atoms with E-state index in [9.17, 15) is 4.39 Å². The summed E-state index contributed by atoms with van der Waals surface area (Å²) in [5.41, 5.74) is 1.90. The predicted octanol–water partition coefficient (Wildman–Crippen LogP) is 1.64. The van der Waals surface area contributed by atoms with Gasteiger partial charge in [0.2, 0.25) is 5.89 Å². The number of benzene rings is 1. The highest BCUT2D eigenvalue weighted by atomic mass is 19.1. The molecule has 3 rings (SSSR count). The Balaban J connectivity index is 1.69. The maximum atomic E-state index is 13.4. The second kappa shape index (κ2) is 6.19. The number of methoxy groups -OCH3 is 1. The van der Waals surface area contributed by atoms with Crippen LogP contribution >= 0.6 is 0 Å². The Morgan fingerprint density at radius 2 is 2.33 bits per heavy atom. The van der Waals surface area contributed by atoms with Crippen molar-refractivity contribution in [2.24, 2.45) is 0 Å². The number of ether oxygens (including phenoxy) is 1. The molecule has 2 heterocycles. The molecular weight excluding hydrogens is 275 g/mol. The molecule has 1 aliphatic rings. The molecule has 1 aromatic carbocycles. The van der Waals surface area contributed by atoms with Crippen molar-refractivity contribution >= 4 is 11.7 Å². The first kappa shape index (κ1) is 14.0. The molecule has 0 aliphatic carbocycles. The molecule has 0 radical (unpaired) electrons. The number of hydrogen-bond donors (Lipinski definition) is 1. The van der Waals surface area contributed by atoms with E-state index in [1.165, 1.54) is 12.1 Å². The van der Waals surface area contributed by atoms with Gasteiger partial charge in [-0.05, 0) is 24.1 Å². The number of aromatic nitrogens is 2. The molecular formula is C14H17FN4O2. The van der Waals surface area contributed by atoms with Gasteiger partial charge in [0, 0.05) is 20.2 Å². The summed E-state index contributed by atoms with van der Waals surface area (Å²) in [7, 11) is 1.65. The van der Waals surface area contributed by atoms with E-state index < -0.39 is 0 Å². The Labute approximate surface area is 121 Å². The molecule has 0 saturated carbocycles. The van der Waals surface area contributed by atoms with Crippen molar-refractivity contribution in [2.45, 2.75) is 13.0 Å². The second-order valence-corrected chi connectivity index (χ2v) is 4.82. The predicted molar refractivity (Wildman–Crippen MR) is 75.0 cm³/mol. The fourth-order valence-corrected chi connectivity index (χ4v) is 2.35. The van der Waals surface area contributed by atoms with Crippen LogP contribution < -0.4 is 10.2 Å². The molecule has 0 atom stereocenters. The average Bonchev–Trinajstić information content (AvgIpc) is 3.09. The highest BCUT2D eigenvalue weighted by molar-refractivity contribution is 5.64. The first-order valence-electron chi connectivity index (χ1n) is 6.86. The minimum Gasteiger partial charge on any atom is -0.406 e. The zero-order valence-electron chi connectivity index (χ0n) is 11.8. The minimum absolute atomic E-state index is 0.262. The molecule has 1 aromatic heterocycles. The number of nitrogens with one attached hydrogen (secondary N) is 1. The Morgan fingerprint density at radius 3 is 3.19 bits per heavy atom. The summed E-state index contributed by atoms with van der Waals surface area (Å²) in [5, 5.41) is 11.2. The zero-order chi connectivity index (χ0) is 14.7. The van der Waals surface area contributed by atoms with Crippen molar-refractivity contribution < 1.29 is 13.5 Å². The van der Waals surface area contributed by atoms with Gasteiger partial charge >= 0.3 is 6.01 Å². The molecule has 0 saturated heterocycles. The van der Waals surface area contributed by atoms with Crippen molar-refractivity contribution in [3.63, 3.8) is 0 Å².